The molecule has 0 radical (unpaired) electrons. The molecule has 0 atom stereocenters. The first-order chi connectivity index (χ1) is 12.2. The lowest BCUT2D eigenvalue weighted by atomic mass is 10.2. The summed E-state index contributed by atoms with van der Waals surface area (Å²) in [6.07, 6.45) is -2.50. The number of alkyl halides is 3. The van der Waals surface area contributed by atoms with Crippen molar-refractivity contribution in [1.82, 2.24) is 9.97 Å². The number of carbonyl (C=O) groups is 1. The monoisotopic (exact) mass is 366 g/mol. The average Bonchev–Trinajstić information content (AvgIpc) is 2.58. The summed E-state index contributed by atoms with van der Waals surface area (Å²) >= 11 is 0. The molecule has 2 rings (SSSR count). The van der Waals surface area contributed by atoms with E-state index in [1.165, 1.54) is 18.2 Å². The fourth-order valence-electron chi connectivity index (χ4n) is 2.30. The number of hydrogen-bond acceptors (Lipinski definition) is 4. The molecule has 26 heavy (non-hydrogen) atoms. The van der Waals surface area contributed by atoms with Gasteiger partial charge < -0.3 is 10.2 Å². The number of amides is 1. The highest BCUT2D eigenvalue weighted by atomic mass is 19.4. The second-order valence-electron chi connectivity index (χ2n) is 6.00. The van der Waals surface area contributed by atoms with Gasteiger partial charge in [0.1, 0.15) is 5.69 Å². The summed E-state index contributed by atoms with van der Waals surface area (Å²) in [5.74, 6) is -0.174. The molecule has 5 nitrogen and oxygen atoms in total. The number of unbranched alkanes of at least 4 members (excludes halogenated alkanes) is 1. The molecule has 0 unspecified atom stereocenters. The van der Waals surface area contributed by atoms with Crippen molar-refractivity contribution in [2.75, 3.05) is 23.8 Å². The quantitative estimate of drug-likeness (QED) is 0.828. The van der Waals surface area contributed by atoms with Gasteiger partial charge in [-0.25, -0.2) is 9.97 Å². The summed E-state index contributed by atoms with van der Waals surface area (Å²) in [5.41, 5.74) is -0.0584. The molecule has 0 spiro atoms. The first-order valence-corrected chi connectivity index (χ1v) is 8.26. The highest BCUT2D eigenvalue weighted by Gasteiger charge is 2.30. The van der Waals surface area contributed by atoms with Crippen molar-refractivity contribution >= 4 is 17.5 Å². The number of carbonyl (C=O) groups excluding carboxylic acids is 1. The van der Waals surface area contributed by atoms with E-state index < -0.39 is 17.6 Å². The minimum Gasteiger partial charge on any atom is -0.344 e. The Morgan fingerprint density at radius 2 is 1.96 bits per heavy atom. The fraction of sp³-hybridized carbons (Fsp3) is 0.389. The Morgan fingerprint density at radius 1 is 1.23 bits per heavy atom. The Morgan fingerprint density at radius 3 is 2.62 bits per heavy atom. The molecule has 8 heteroatoms. The second-order valence-corrected chi connectivity index (χ2v) is 6.00. The van der Waals surface area contributed by atoms with Crippen LogP contribution in [0.2, 0.25) is 0 Å². The Hall–Kier alpha value is -2.64. The van der Waals surface area contributed by atoms with Gasteiger partial charge in [-0.3, -0.25) is 4.79 Å². The van der Waals surface area contributed by atoms with Gasteiger partial charge in [0.2, 0.25) is 5.95 Å². The third kappa shape index (κ3) is 5.18. The standard InChI is InChI=1S/C18H21F3N4O/c1-4-5-9-25(3)17-22-12(2)10-15(24-17)16(26)23-14-8-6-7-13(11-14)18(19,20)21/h6-8,10-11H,4-5,9H2,1-3H3,(H,23,26). The van der Waals surface area contributed by atoms with E-state index in [1.54, 1.807) is 6.92 Å². The zero-order valence-corrected chi connectivity index (χ0v) is 14.9. The maximum absolute atomic E-state index is 12.8. The third-order valence-corrected chi connectivity index (χ3v) is 3.71. The SMILES string of the molecule is CCCCN(C)c1nc(C)cc(C(=O)Nc2cccc(C(F)(F)F)c2)n1. The lowest BCUT2D eigenvalue weighted by molar-refractivity contribution is -0.137. The van der Waals surface area contributed by atoms with Crippen LogP contribution < -0.4 is 10.2 Å². The van der Waals surface area contributed by atoms with Crippen LogP contribution in [0.15, 0.2) is 30.3 Å². The smallest absolute Gasteiger partial charge is 0.344 e. The molecule has 2 aromatic rings. The van der Waals surface area contributed by atoms with Crippen molar-refractivity contribution in [2.24, 2.45) is 0 Å². The van der Waals surface area contributed by atoms with E-state index in [9.17, 15) is 18.0 Å². The number of hydrogen-bond donors (Lipinski definition) is 1. The van der Waals surface area contributed by atoms with Crippen molar-refractivity contribution in [3.8, 4) is 0 Å². The molecule has 0 aliphatic heterocycles. The van der Waals surface area contributed by atoms with Crippen LogP contribution in [0.3, 0.4) is 0 Å². The lowest BCUT2D eigenvalue weighted by Crippen LogP contribution is -2.23. The molecule has 1 aromatic heterocycles. The number of halogens is 3. The van der Waals surface area contributed by atoms with Crippen LogP contribution in [0.1, 0.15) is 41.5 Å². The van der Waals surface area contributed by atoms with Crippen LogP contribution in [0.25, 0.3) is 0 Å². The first kappa shape index (κ1) is 19.7. The van der Waals surface area contributed by atoms with Crippen LogP contribution in [0.5, 0.6) is 0 Å². The molecule has 1 amide bonds. The number of nitrogens with zero attached hydrogens (tertiary/aromatic N) is 3. The van der Waals surface area contributed by atoms with Crippen LogP contribution in [-0.2, 0) is 6.18 Å². The fourth-order valence-corrected chi connectivity index (χ4v) is 2.30. The van der Waals surface area contributed by atoms with Crippen molar-refractivity contribution < 1.29 is 18.0 Å². The van der Waals surface area contributed by atoms with E-state index in [0.717, 1.165) is 31.5 Å². The predicted molar refractivity (Wildman–Crippen MR) is 94.3 cm³/mol. The van der Waals surface area contributed by atoms with E-state index in [2.05, 4.69) is 22.2 Å². The van der Waals surface area contributed by atoms with Gasteiger partial charge in [-0.05, 0) is 37.6 Å². The summed E-state index contributed by atoms with van der Waals surface area (Å²) in [4.78, 5) is 22.8. The van der Waals surface area contributed by atoms with Crippen LogP contribution in [0, 0.1) is 6.92 Å². The molecule has 1 N–H and O–H groups in total. The van der Waals surface area contributed by atoms with Gasteiger partial charge in [-0.2, -0.15) is 13.2 Å². The van der Waals surface area contributed by atoms with Crippen LogP contribution >= 0.6 is 0 Å². The third-order valence-electron chi connectivity index (χ3n) is 3.71. The van der Waals surface area contributed by atoms with Crippen molar-refractivity contribution in [3.63, 3.8) is 0 Å². The molecule has 1 heterocycles. The highest BCUT2D eigenvalue weighted by molar-refractivity contribution is 6.03. The number of rotatable bonds is 6. The summed E-state index contributed by atoms with van der Waals surface area (Å²) in [6.45, 7) is 4.55. The Bertz CT molecular complexity index is 777. The van der Waals surface area contributed by atoms with Gasteiger partial charge in [0.15, 0.2) is 0 Å². The van der Waals surface area contributed by atoms with Gasteiger partial charge in [0.05, 0.1) is 5.56 Å². The second kappa shape index (κ2) is 8.16. The minimum atomic E-state index is -4.47. The van der Waals surface area contributed by atoms with Gasteiger partial charge in [0.25, 0.3) is 5.91 Å². The summed E-state index contributed by atoms with van der Waals surface area (Å²) < 4.78 is 38.4. The van der Waals surface area contributed by atoms with Gasteiger partial charge >= 0.3 is 6.18 Å². The molecule has 0 saturated heterocycles. The zero-order chi connectivity index (χ0) is 19.3. The zero-order valence-electron chi connectivity index (χ0n) is 14.9. The van der Waals surface area contributed by atoms with Gasteiger partial charge in [-0.15, -0.1) is 0 Å². The summed E-state index contributed by atoms with van der Waals surface area (Å²) in [5, 5.41) is 2.46. The van der Waals surface area contributed by atoms with E-state index in [0.29, 0.717) is 11.6 Å². The van der Waals surface area contributed by atoms with E-state index in [4.69, 9.17) is 0 Å². The molecule has 0 aliphatic carbocycles. The van der Waals surface area contributed by atoms with E-state index in [1.807, 2.05) is 11.9 Å². The van der Waals surface area contributed by atoms with Crippen molar-refractivity contribution in [1.29, 1.82) is 0 Å². The van der Waals surface area contributed by atoms with E-state index >= 15 is 0 Å². The topological polar surface area (TPSA) is 58.1 Å². The maximum atomic E-state index is 12.8. The van der Waals surface area contributed by atoms with Crippen molar-refractivity contribution in [2.45, 2.75) is 32.9 Å². The van der Waals surface area contributed by atoms with Gasteiger partial charge in [0, 0.05) is 25.0 Å². The molecule has 1 aromatic carbocycles. The highest BCUT2D eigenvalue weighted by Crippen LogP contribution is 2.30. The molecular weight excluding hydrogens is 345 g/mol. The Kier molecular flexibility index (Phi) is 6.18. The Balaban J connectivity index is 2.21. The summed E-state index contributed by atoms with van der Waals surface area (Å²) in [7, 11) is 1.83. The Labute approximate surface area is 150 Å². The number of aryl methyl sites for hydroxylation is 1. The number of nitrogens with one attached hydrogen (secondary N) is 1. The van der Waals surface area contributed by atoms with E-state index in [-0.39, 0.29) is 11.4 Å². The lowest BCUT2D eigenvalue weighted by Gasteiger charge is -2.17. The first-order valence-electron chi connectivity index (χ1n) is 8.26. The largest absolute Gasteiger partial charge is 0.416 e. The minimum absolute atomic E-state index is 0.0574. The number of benzene rings is 1. The summed E-state index contributed by atoms with van der Waals surface area (Å²) in [6, 6.07) is 5.98. The molecule has 0 saturated carbocycles. The van der Waals surface area contributed by atoms with Crippen molar-refractivity contribution in [3.05, 3.63) is 47.3 Å². The normalized spacial score (nSPS) is 11.3. The maximum Gasteiger partial charge on any atom is 0.416 e. The molecular formula is C18H21F3N4O. The van der Waals surface area contributed by atoms with Crippen LogP contribution in [0.4, 0.5) is 24.8 Å². The average molecular weight is 366 g/mol. The molecule has 0 fully saturated rings. The predicted octanol–water partition coefficient (Wildman–Crippen LogP) is 4.29. The molecule has 0 bridgehead atoms. The van der Waals surface area contributed by atoms with Crippen LogP contribution in [-0.4, -0.2) is 29.5 Å². The number of aromatic nitrogens is 2. The number of anilines is 2. The van der Waals surface area contributed by atoms with Gasteiger partial charge in [-0.1, -0.05) is 19.4 Å². The molecule has 140 valence electrons. The molecule has 0 aliphatic rings.